The summed E-state index contributed by atoms with van der Waals surface area (Å²) in [5.41, 5.74) is 0. The molecule has 1 N–H and O–H groups in total. The zero-order valence-electron chi connectivity index (χ0n) is 7.14. The molecule has 3 nitrogen and oxygen atoms in total. The van der Waals surface area contributed by atoms with E-state index in [1.165, 1.54) is 0 Å². The summed E-state index contributed by atoms with van der Waals surface area (Å²) >= 11 is 0. The second kappa shape index (κ2) is 5.23. The second-order valence-electron chi connectivity index (χ2n) is 2.22. The molecule has 0 rings (SSSR count). The van der Waals surface area contributed by atoms with Crippen LogP contribution >= 0.6 is 0 Å². The smallest absolute Gasteiger partial charge is 0.0930 e. The van der Waals surface area contributed by atoms with Gasteiger partial charge in [-0.25, -0.2) is 0 Å². The molecule has 1 unspecified atom stereocenters. The van der Waals surface area contributed by atoms with Crippen molar-refractivity contribution in [2.75, 3.05) is 20.7 Å². The topological polar surface area (TPSA) is 33.6 Å². The Balaban J connectivity index is 3.50. The second-order valence-corrected chi connectivity index (χ2v) is 2.22. The molecule has 0 saturated heterocycles. The van der Waals surface area contributed by atoms with Crippen LogP contribution in [0, 0.1) is 0 Å². The molecule has 0 aliphatic rings. The van der Waals surface area contributed by atoms with Crippen LogP contribution in [0.2, 0.25) is 0 Å². The Morgan fingerprint density at radius 2 is 2.30 bits per heavy atom. The summed E-state index contributed by atoms with van der Waals surface area (Å²) < 4.78 is 5.01. The molecule has 1 atom stereocenters. The molecule has 0 fully saturated rings. The van der Waals surface area contributed by atoms with Crippen LogP contribution in [0.1, 0.15) is 13.8 Å². The summed E-state index contributed by atoms with van der Waals surface area (Å²) in [6.45, 7) is 4.65. The molecule has 0 heterocycles. The zero-order chi connectivity index (χ0) is 7.98. The van der Waals surface area contributed by atoms with E-state index in [1.807, 2.05) is 20.9 Å². The van der Waals surface area contributed by atoms with E-state index in [-0.39, 0.29) is 6.10 Å². The highest BCUT2D eigenvalue weighted by molar-refractivity contribution is 5.79. The van der Waals surface area contributed by atoms with Gasteiger partial charge in [0.15, 0.2) is 0 Å². The fraction of sp³-hybridized carbons (Fsp3) is 0.857. The molecule has 0 aromatic rings. The van der Waals surface area contributed by atoms with Crippen molar-refractivity contribution in [2.45, 2.75) is 20.0 Å². The summed E-state index contributed by atoms with van der Waals surface area (Å²) in [4.78, 5) is 4.19. The van der Waals surface area contributed by atoms with Gasteiger partial charge in [0.1, 0.15) is 0 Å². The number of nitrogens with one attached hydrogen (secondary N) is 1. The Labute approximate surface area is 62.5 Å². The molecule has 0 spiro atoms. The predicted octanol–water partition coefficient (Wildman–Crippen LogP) is 0.659. The number of amidine groups is 1. The van der Waals surface area contributed by atoms with Gasteiger partial charge in [0.2, 0.25) is 0 Å². The molecule has 0 radical (unpaired) electrons. The van der Waals surface area contributed by atoms with Gasteiger partial charge in [-0.1, -0.05) is 0 Å². The molecule has 10 heavy (non-hydrogen) atoms. The fourth-order valence-corrected chi connectivity index (χ4v) is 0.419. The molecule has 0 bridgehead atoms. The number of rotatable bonds is 3. The fourth-order valence-electron chi connectivity index (χ4n) is 0.419. The Hall–Kier alpha value is -0.570. The van der Waals surface area contributed by atoms with E-state index >= 15 is 0 Å². The number of hydrogen-bond donors (Lipinski definition) is 1. The van der Waals surface area contributed by atoms with Gasteiger partial charge in [0.05, 0.1) is 18.5 Å². The van der Waals surface area contributed by atoms with E-state index in [9.17, 15) is 0 Å². The number of nitrogens with zero attached hydrogens (tertiary/aromatic N) is 1. The van der Waals surface area contributed by atoms with Gasteiger partial charge in [-0.05, 0) is 13.8 Å². The van der Waals surface area contributed by atoms with Crippen molar-refractivity contribution in [3.8, 4) is 0 Å². The van der Waals surface area contributed by atoms with E-state index in [0.29, 0.717) is 0 Å². The molecule has 0 amide bonds. The maximum absolute atomic E-state index is 5.01. The van der Waals surface area contributed by atoms with Gasteiger partial charge < -0.3 is 10.1 Å². The largest absolute Gasteiger partial charge is 0.380 e. The van der Waals surface area contributed by atoms with Crippen molar-refractivity contribution in [2.24, 2.45) is 4.99 Å². The lowest BCUT2D eigenvalue weighted by Crippen LogP contribution is -2.17. The summed E-state index contributed by atoms with van der Waals surface area (Å²) in [5.74, 6) is 0.948. The van der Waals surface area contributed by atoms with Crippen molar-refractivity contribution in [1.82, 2.24) is 5.32 Å². The van der Waals surface area contributed by atoms with Gasteiger partial charge >= 0.3 is 0 Å². The zero-order valence-corrected chi connectivity index (χ0v) is 7.14. The highest BCUT2D eigenvalue weighted by Gasteiger charge is 1.95. The molecule has 0 aromatic heterocycles. The molecular weight excluding hydrogens is 128 g/mol. The van der Waals surface area contributed by atoms with Crippen LogP contribution in [-0.4, -0.2) is 32.6 Å². The van der Waals surface area contributed by atoms with Crippen LogP contribution in [0.15, 0.2) is 4.99 Å². The summed E-state index contributed by atoms with van der Waals surface area (Å²) in [7, 11) is 3.55. The molecule has 60 valence electrons. The number of ether oxygens (including phenoxy) is 1. The lowest BCUT2D eigenvalue weighted by molar-refractivity contribution is 0.125. The lowest BCUT2D eigenvalue weighted by Gasteiger charge is -2.05. The van der Waals surface area contributed by atoms with Crippen LogP contribution < -0.4 is 5.32 Å². The highest BCUT2D eigenvalue weighted by atomic mass is 16.5. The third-order valence-corrected chi connectivity index (χ3v) is 1.35. The Bertz CT molecular complexity index is 112. The molecular formula is C7H16N2O. The van der Waals surface area contributed by atoms with E-state index < -0.39 is 0 Å². The van der Waals surface area contributed by atoms with Crippen molar-refractivity contribution < 1.29 is 4.74 Å². The van der Waals surface area contributed by atoms with Crippen molar-refractivity contribution in [3.05, 3.63) is 0 Å². The molecule has 0 aliphatic heterocycles. The average Bonchev–Trinajstić information content (AvgIpc) is 1.99. The monoisotopic (exact) mass is 144 g/mol. The Kier molecular flexibility index (Phi) is 4.94. The first-order valence-corrected chi connectivity index (χ1v) is 3.42. The van der Waals surface area contributed by atoms with Gasteiger partial charge in [-0.3, -0.25) is 4.99 Å². The van der Waals surface area contributed by atoms with Crippen molar-refractivity contribution >= 4 is 5.84 Å². The van der Waals surface area contributed by atoms with Crippen LogP contribution in [-0.2, 0) is 4.74 Å². The van der Waals surface area contributed by atoms with Gasteiger partial charge in [0.25, 0.3) is 0 Å². The maximum Gasteiger partial charge on any atom is 0.0930 e. The average molecular weight is 144 g/mol. The van der Waals surface area contributed by atoms with Crippen LogP contribution in [0.5, 0.6) is 0 Å². The quantitative estimate of drug-likeness (QED) is 0.466. The Morgan fingerprint density at radius 3 is 2.70 bits per heavy atom. The van der Waals surface area contributed by atoms with Gasteiger partial charge in [0, 0.05) is 14.2 Å². The number of methoxy groups -OCH3 is 1. The predicted molar refractivity (Wildman–Crippen MR) is 43.5 cm³/mol. The van der Waals surface area contributed by atoms with E-state index in [2.05, 4.69) is 10.3 Å². The molecule has 0 saturated carbocycles. The van der Waals surface area contributed by atoms with Crippen molar-refractivity contribution in [1.29, 1.82) is 0 Å². The first-order valence-electron chi connectivity index (χ1n) is 3.42. The van der Waals surface area contributed by atoms with E-state index in [4.69, 9.17) is 4.74 Å². The third-order valence-electron chi connectivity index (χ3n) is 1.35. The summed E-state index contributed by atoms with van der Waals surface area (Å²) in [6, 6.07) is 0. The minimum Gasteiger partial charge on any atom is -0.380 e. The normalized spacial score (nSPS) is 15.0. The van der Waals surface area contributed by atoms with Crippen LogP contribution in [0.25, 0.3) is 0 Å². The first kappa shape index (κ1) is 9.43. The minimum atomic E-state index is 0.211. The highest BCUT2D eigenvalue weighted by Crippen LogP contribution is 1.87. The summed E-state index contributed by atoms with van der Waals surface area (Å²) in [5, 5.41) is 2.94. The molecule has 0 aromatic carbocycles. The maximum atomic E-state index is 5.01. The minimum absolute atomic E-state index is 0.211. The van der Waals surface area contributed by atoms with Gasteiger partial charge in [-0.2, -0.15) is 0 Å². The first-order chi connectivity index (χ1) is 4.70. The van der Waals surface area contributed by atoms with Crippen LogP contribution in [0.3, 0.4) is 0 Å². The number of hydrogen-bond acceptors (Lipinski definition) is 2. The van der Waals surface area contributed by atoms with E-state index in [1.54, 1.807) is 7.11 Å². The lowest BCUT2D eigenvalue weighted by atomic mass is 10.4. The third kappa shape index (κ3) is 4.32. The molecule has 0 aliphatic carbocycles. The number of aliphatic imine (C=N–C) groups is 1. The Morgan fingerprint density at radius 1 is 1.70 bits per heavy atom. The van der Waals surface area contributed by atoms with Crippen LogP contribution in [0.4, 0.5) is 0 Å². The molecule has 3 heteroatoms. The SMILES string of the molecule is CN/C(C)=N\CC(C)OC. The van der Waals surface area contributed by atoms with Gasteiger partial charge in [-0.15, -0.1) is 0 Å². The van der Waals surface area contributed by atoms with E-state index in [0.717, 1.165) is 12.4 Å². The standard InChI is InChI=1S/C7H16N2O/c1-6(10-4)5-9-7(2)8-3/h6H,5H2,1-4H3,(H,8,9). The summed E-state index contributed by atoms with van der Waals surface area (Å²) in [6.07, 6.45) is 0.211. The van der Waals surface area contributed by atoms with Crippen molar-refractivity contribution in [3.63, 3.8) is 0 Å².